The van der Waals surface area contributed by atoms with Crippen molar-refractivity contribution in [3.05, 3.63) is 54.6 Å². The van der Waals surface area contributed by atoms with Gasteiger partial charge in [-0.2, -0.15) is 0 Å². The molecular formula is C13H11NO2S2. The SMILES string of the molecule is O=C(Nc1ccc(Oc2ccccc2)cc1)SS. The Morgan fingerprint density at radius 1 is 1.00 bits per heavy atom. The number of benzene rings is 2. The quantitative estimate of drug-likeness (QED) is 0.636. The molecule has 2 aromatic rings. The second-order valence-electron chi connectivity index (χ2n) is 3.44. The van der Waals surface area contributed by atoms with Gasteiger partial charge in [0.1, 0.15) is 11.5 Å². The van der Waals surface area contributed by atoms with Crippen LogP contribution in [0.1, 0.15) is 0 Å². The zero-order chi connectivity index (χ0) is 12.8. The van der Waals surface area contributed by atoms with E-state index in [4.69, 9.17) is 4.74 Å². The van der Waals surface area contributed by atoms with E-state index < -0.39 is 0 Å². The van der Waals surface area contributed by atoms with Crippen LogP contribution in [0.5, 0.6) is 11.5 Å². The normalized spacial score (nSPS) is 9.83. The smallest absolute Gasteiger partial charge is 0.293 e. The second-order valence-corrected chi connectivity index (χ2v) is 4.54. The number of rotatable bonds is 3. The third kappa shape index (κ3) is 3.72. The van der Waals surface area contributed by atoms with Crippen molar-refractivity contribution in [1.82, 2.24) is 0 Å². The van der Waals surface area contributed by atoms with Crippen molar-refractivity contribution >= 4 is 33.4 Å². The molecule has 0 unspecified atom stereocenters. The van der Waals surface area contributed by atoms with E-state index in [0.29, 0.717) is 5.69 Å². The number of amides is 1. The average molecular weight is 277 g/mol. The van der Waals surface area contributed by atoms with Crippen LogP contribution in [0.25, 0.3) is 0 Å². The number of carbonyl (C=O) groups excluding carboxylic acids is 1. The van der Waals surface area contributed by atoms with Crippen molar-refractivity contribution in [2.45, 2.75) is 0 Å². The molecule has 0 aromatic heterocycles. The Bertz CT molecular complexity index is 514. The standard InChI is InChI=1S/C13H11NO2S2/c15-13(18-17)14-10-6-8-12(9-7-10)16-11-4-2-1-3-5-11/h1-9,17H,(H,14,15). The molecule has 0 atom stereocenters. The minimum atomic E-state index is -0.213. The highest BCUT2D eigenvalue weighted by atomic mass is 33.1. The van der Waals surface area contributed by atoms with Gasteiger partial charge in [0.25, 0.3) is 5.24 Å². The first-order valence-corrected chi connectivity index (χ1v) is 7.10. The molecule has 1 N–H and O–H groups in total. The summed E-state index contributed by atoms with van der Waals surface area (Å²) in [5.41, 5.74) is 0.710. The van der Waals surface area contributed by atoms with Gasteiger partial charge < -0.3 is 10.1 Å². The van der Waals surface area contributed by atoms with Crippen molar-refractivity contribution < 1.29 is 9.53 Å². The van der Waals surface area contributed by atoms with Crippen LogP contribution in [0.15, 0.2) is 54.6 Å². The lowest BCUT2D eigenvalue weighted by molar-refractivity contribution is 0.270. The van der Waals surface area contributed by atoms with Crippen LogP contribution in [0.4, 0.5) is 10.5 Å². The number of hydrogen-bond donors (Lipinski definition) is 2. The number of para-hydroxylation sites is 1. The van der Waals surface area contributed by atoms with Crippen molar-refractivity contribution in [1.29, 1.82) is 0 Å². The third-order valence-corrected chi connectivity index (χ3v) is 2.93. The van der Waals surface area contributed by atoms with Crippen LogP contribution in [-0.2, 0) is 0 Å². The van der Waals surface area contributed by atoms with E-state index in [1.807, 2.05) is 30.3 Å². The first-order valence-electron chi connectivity index (χ1n) is 5.23. The molecule has 18 heavy (non-hydrogen) atoms. The van der Waals surface area contributed by atoms with Crippen molar-refractivity contribution in [2.24, 2.45) is 0 Å². The number of anilines is 1. The molecule has 1 amide bonds. The maximum atomic E-state index is 11.1. The Morgan fingerprint density at radius 2 is 1.61 bits per heavy atom. The molecule has 0 saturated carbocycles. The van der Waals surface area contributed by atoms with Gasteiger partial charge in [0.2, 0.25) is 0 Å². The lowest BCUT2D eigenvalue weighted by atomic mass is 10.3. The van der Waals surface area contributed by atoms with Crippen LogP contribution in [0.3, 0.4) is 0 Å². The fourth-order valence-electron chi connectivity index (χ4n) is 1.37. The molecule has 0 heterocycles. The highest BCUT2D eigenvalue weighted by Gasteiger charge is 2.01. The Hall–Kier alpha value is -1.59. The highest BCUT2D eigenvalue weighted by Crippen LogP contribution is 2.23. The first kappa shape index (κ1) is 12.9. The molecule has 0 aliphatic rings. The van der Waals surface area contributed by atoms with Gasteiger partial charge in [0.05, 0.1) is 0 Å². The molecule has 0 saturated heterocycles. The molecule has 0 fully saturated rings. The van der Waals surface area contributed by atoms with E-state index in [0.717, 1.165) is 22.3 Å². The van der Waals surface area contributed by atoms with E-state index in [9.17, 15) is 4.79 Å². The van der Waals surface area contributed by atoms with Crippen LogP contribution in [-0.4, -0.2) is 5.24 Å². The monoisotopic (exact) mass is 277 g/mol. The number of ether oxygens (including phenoxy) is 1. The summed E-state index contributed by atoms with van der Waals surface area (Å²) in [5.74, 6) is 1.50. The average Bonchev–Trinajstić information content (AvgIpc) is 2.42. The van der Waals surface area contributed by atoms with Gasteiger partial charge in [-0.25, -0.2) is 0 Å². The lowest BCUT2D eigenvalue weighted by Gasteiger charge is -2.07. The Labute approximate surface area is 114 Å². The second kappa shape index (κ2) is 6.37. The van der Waals surface area contributed by atoms with Crippen LogP contribution in [0.2, 0.25) is 0 Å². The molecule has 0 radical (unpaired) electrons. The fourth-order valence-corrected chi connectivity index (χ4v) is 1.67. The molecule has 92 valence electrons. The molecule has 2 aromatic carbocycles. The van der Waals surface area contributed by atoms with Gasteiger partial charge in [-0.1, -0.05) is 18.2 Å². The number of carbonyl (C=O) groups is 1. The first-order chi connectivity index (χ1) is 8.78. The van der Waals surface area contributed by atoms with Gasteiger partial charge in [-0.15, -0.1) is 11.7 Å². The molecule has 0 spiro atoms. The molecule has 2 rings (SSSR count). The summed E-state index contributed by atoms with van der Waals surface area (Å²) >= 11 is 3.81. The van der Waals surface area contributed by atoms with Crippen molar-refractivity contribution in [3.63, 3.8) is 0 Å². The maximum Gasteiger partial charge on any atom is 0.293 e. The van der Waals surface area contributed by atoms with Gasteiger partial charge in [0.15, 0.2) is 0 Å². The van der Waals surface area contributed by atoms with Crippen LogP contribution < -0.4 is 10.1 Å². The van der Waals surface area contributed by atoms with Gasteiger partial charge in [-0.3, -0.25) is 4.79 Å². The fraction of sp³-hybridized carbons (Fsp3) is 0. The molecule has 0 aliphatic carbocycles. The van der Waals surface area contributed by atoms with Gasteiger partial charge in [0, 0.05) is 16.5 Å². The van der Waals surface area contributed by atoms with Crippen LogP contribution in [0, 0.1) is 0 Å². The molecule has 3 nitrogen and oxygen atoms in total. The third-order valence-electron chi connectivity index (χ3n) is 2.16. The number of hydrogen-bond acceptors (Lipinski definition) is 4. The largest absolute Gasteiger partial charge is 0.457 e. The lowest BCUT2D eigenvalue weighted by Crippen LogP contribution is -2.02. The zero-order valence-corrected chi connectivity index (χ0v) is 11.1. The van der Waals surface area contributed by atoms with Gasteiger partial charge >= 0.3 is 0 Å². The van der Waals surface area contributed by atoms with E-state index in [1.54, 1.807) is 24.3 Å². The van der Waals surface area contributed by atoms with E-state index in [-0.39, 0.29) is 5.24 Å². The summed E-state index contributed by atoms with van der Waals surface area (Å²) in [6.45, 7) is 0. The van der Waals surface area contributed by atoms with Gasteiger partial charge in [-0.05, 0) is 36.4 Å². The van der Waals surface area contributed by atoms with E-state index in [1.165, 1.54) is 0 Å². The summed E-state index contributed by atoms with van der Waals surface area (Å²) in [7, 11) is 0.840. The molecule has 0 bridgehead atoms. The highest BCUT2D eigenvalue weighted by molar-refractivity contribution is 8.74. The van der Waals surface area contributed by atoms with E-state index >= 15 is 0 Å². The summed E-state index contributed by atoms with van der Waals surface area (Å²) < 4.78 is 5.63. The molecule has 5 heteroatoms. The van der Waals surface area contributed by atoms with Crippen molar-refractivity contribution in [2.75, 3.05) is 5.32 Å². The minimum Gasteiger partial charge on any atom is -0.457 e. The minimum absolute atomic E-state index is 0.213. The topological polar surface area (TPSA) is 38.3 Å². The summed E-state index contributed by atoms with van der Waals surface area (Å²) in [5, 5.41) is 2.46. The molecule has 0 aliphatic heterocycles. The summed E-state index contributed by atoms with van der Waals surface area (Å²) in [6, 6.07) is 16.7. The predicted octanol–water partition coefficient (Wildman–Crippen LogP) is 4.59. The Kier molecular flexibility index (Phi) is 4.55. The predicted molar refractivity (Wildman–Crippen MR) is 78.6 cm³/mol. The maximum absolute atomic E-state index is 11.1. The number of nitrogens with one attached hydrogen (secondary N) is 1. The Balaban J connectivity index is 2.02. The van der Waals surface area contributed by atoms with Crippen LogP contribution >= 0.6 is 22.5 Å². The zero-order valence-electron chi connectivity index (χ0n) is 9.37. The van der Waals surface area contributed by atoms with Crippen molar-refractivity contribution in [3.8, 4) is 11.5 Å². The molecular weight excluding hydrogens is 266 g/mol. The number of thiol groups is 1. The summed E-state index contributed by atoms with van der Waals surface area (Å²) in [6.07, 6.45) is 0. The summed E-state index contributed by atoms with van der Waals surface area (Å²) in [4.78, 5) is 11.1. The Morgan fingerprint density at radius 3 is 2.22 bits per heavy atom. The van der Waals surface area contributed by atoms with E-state index in [2.05, 4.69) is 17.0 Å².